The Hall–Kier alpha value is -2.44. The number of hydrogen-bond acceptors (Lipinski definition) is 3. The van der Waals surface area contributed by atoms with Gasteiger partial charge in [0.2, 0.25) is 11.8 Å². The van der Waals surface area contributed by atoms with Crippen molar-refractivity contribution in [2.75, 3.05) is 10.6 Å². The third kappa shape index (κ3) is 3.78. The molecule has 0 unspecified atom stereocenters. The predicted molar refractivity (Wildman–Crippen MR) is 71.1 cm³/mol. The van der Waals surface area contributed by atoms with Crippen LogP contribution in [0.3, 0.4) is 0 Å². The zero-order valence-corrected chi connectivity index (χ0v) is 11.3. The van der Waals surface area contributed by atoms with Crippen molar-refractivity contribution >= 4 is 29.2 Å². The minimum atomic E-state index is -1.46. The second-order valence-electron chi connectivity index (χ2n) is 4.51. The highest BCUT2D eigenvalue weighted by molar-refractivity contribution is 6.01. The number of carbonyl (C=O) groups excluding carboxylic acids is 2. The van der Waals surface area contributed by atoms with Crippen LogP contribution in [0.4, 0.5) is 15.8 Å². The first kappa shape index (κ1) is 15.6. The number of aromatic carboxylic acids is 1. The van der Waals surface area contributed by atoms with Gasteiger partial charge in [-0.05, 0) is 6.07 Å². The van der Waals surface area contributed by atoms with Gasteiger partial charge in [-0.2, -0.15) is 0 Å². The smallest absolute Gasteiger partial charge is 0.338 e. The molecule has 1 aromatic rings. The Kier molecular flexibility index (Phi) is 4.79. The molecular formula is C13H15FN2O4. The molecule has 6 nitrogen and oxygen atoms in total. The van der Waals surface area contributed by atoms with Crippen molar-refractivity contribution in [2.45, 2.75) is 20.8 Å². The van der Waals surface area contributed by atoms with E-state index in [-0.39, 0.29) is 23.2 Å². The van der Waals surface area contributed by atoms with Gasteiger partial charge in [-0.15, -0.1) is 0 Å². The van der Waals surface area contributed by atoms with Crippen LogP contribution in [0.1, 0.15) is 31.1 Å². The number of rotatable bonds is 4. The predicted octanol–water partition coefficient (Wildman–Crippen LogP) is 2.08. The Labute approximate surface area is 115 Å². The number of anilines is 2. The highest BCUT2D eigenvalue weighted by Gasteiger charge is 2.18. The minimum absolute atomic E-state index is 0.00833. The summed E-state index contributed by atoms with van der Waals surface area (Å²) in [5, 5.41) is 13.7. The minimum Gasteiger partial charge on any atom is -0.478 e. The summed E-state index contributed by atoms with van der Waals surface area (Å²) in [4.78, 5) is 33.6. The van der Waals surface area contributed by atoms with Gasteiger partial charge < -0.3 is 15.7 Å². The Morgan fingerprint density at radius 2 is 1.70 bits per heavy atom. The van der Waals surface area contributed by atoms with Crippen molar-refractivity contribution in [3.8, 4) is 0 Å². The maximum Gasteiger partial charge on any atom is 0.338 e. The van der Waals surface area contributed by atoms with Gasteiger partial charge in [-0.3, -0.25) is 9.59 Å². The Morgan fingerprint density at radius 1 is 1.15 bits per heavy atom. The number of nitrogens with one attached hydrogen (secondary N) is 2. The molecule has 0 aliphatic rings. The van der Waals surface area contributed by atoms with E-state index in [0.717, 1.165) is 12.1 Å². The lowest BCUT2D eigenvalue weighted by atomic mass is 10.1. The maximum absolute atomic E-state index is 13.6. The fourth-order valence-corrected chi connectivity index (χ4v) is 1.41. The Balaban J connectivity index is 3.28. The summed E-state index contributed by atoms with van der Waals surface area (Å²) >= 11 is 0. The zero-order valence-electron chi connectivity index (χ0n) is 11.3. The van der Waals surface area contributed by atoms with E-state index in [0.29, 0.717) is 0 Å². The van der Waals surface area contributed by atoms with E-state index in [2.05, 4.69) is 10.6 Å². The average Bonchev–Trinajstić information content (AvgIpc) is 2.30. The van der Waals surface area contributed by atoms with Crippen LogP contribution in [0.2, 0.25) is 0 Å². The normalized spacial score (nSPS) is 10.2. The molecule has 0 saturated carbocycles. The van der Waals surface area contributed by atoms with Gasteiger partial charge in [0.1, 0.15) is 5.82 Å². The second-order valence-corrected chi connectivity index (χ2v) is 4.51. The van der Waals surface area contributed by atoms with E-state index in [4.69, 9.17) is 5.11 Å². The lowest BCUT2D eigenvalue weighted by Crippen LogP contribution is -2.20. The van der Waals surface area contributed by atoms with Gasteiger partial charge in [0, 0.05) is 18.9 Å². The van der Waals surface area contributed by atoms with E-state index in [1.165, 1.54) is 6.92 Å². The number of carboxylic acid groups (broad SMARTS) is 1. The number of halogens is 1. The first-order chi connectivity index (χ1) is 9.22. The van der Waals surface area contributed by atoms with Crippen molar-refractivity contribution in [1.82, 2.24) is 0 Å². The summed E-state index contributed by atoms with van der Waals surface area (Å²) in [6, 6.07) is 1.84. The first-order valence-electron chi connectivity index (χ1n) is 5.87. The topological polar surface area (TPSA) is 95.5 Å². The summed E-state index contributed by atoms with van der Waals surface area (Å²) in [5.74, 6) is -3.65. The van der Waals surface area contributed by atoms with Crippen molar-refractivity contribution in [2.24, 2.45) is 5.92 Å². The lowest BCUT2D eigenvalue weighted by Gasteiger charge is -2.14. The van der Waals surface area contributed by atoms with E-state index >= 15 is 0 Å². The van der Waals surface area contributed by atoms with Crippen LogP contribution in [0.5, 0.6) is 0 Å². The molecule has 0 aliphatic carbocycles. The van der Waals surface area contributed by atoms with Gasteiger partial charge in [-0.25, -0.2) is 9.18 Å². The van der Waals surface area contributed by atoms with E-state index in [1.807, 2.05) is 0 Å². The molecule has 0 bridgehead atoms. The molecule has 0 aliphatic heterocycles. The third-order valence-corrected chi connectivity index (χ3v) is 2.43. The number of carboxylic acids is 1. The summed E-state index contributed by atoms with van der Waals surface area (Å²) < 4.78 is 13.6. The largest absolute Gasteiger partial charge is 0.478 e. The Bertz CT molecular complexity index is 570. The molecule has 1 rings (SSSR count). The number of carbonyl (C=O) groups is 3. The van der Waals surface area contributed by atoms with Crippen LogP contribution < -0.4 is 10.6 Å². The molecule has 0 saturated heterocycles. The molecule has 108 valence electrons. The number of amides is 2. The second kappa shape index (κ2) is 6.14. The molecule has 0 atom stereocenters. The molecular weight excluding hydrogens is 267 g/mol. The summed E-state index contributed by atoms with van der Waals surface area (Å²) in [5.41, 5.74) is -0.537. The molecule has 3 N–H and O–H groups in total. The van der Waals surface area contributed by atoms with Gasteiger partial charge in [-0.1, -0.05) is 13.8 Å². The summed E-state index contributed by atoms with van der Waals surface area (Å²) in [6.45, 7) is 4.52. The fourth-order valence-electron chi connectivity index (χ4n) is 1.41. The standard InChI is InChI=1S/C13H15FN2O4/c1-6(2)12(18)16-10-4-8(13(19)20)9(14)5-11(10)15-7(3)17/h4-6H,1-3H3,(H,15,17)(H,16,18)(H,19,20). The average molecular weight is 282 g/mol. The van der Waals surface area contributed by atoms with Crippen LogP contribution in [0.15, 0.2) is 12.1 Å². The molecule has 0 radical (unpaired) electrons. The van der Waals surface area contributed by atoms with Crippen molar-refractivity contribution < 1.29 is 23.9 Å². The molecule has 7 heteroatoms. The highest BCUT2D eigenvalue weighted by atomic mass is 19.1. The molecule has 0 fully saturated rings. The zero-order chi connectivity index (χ0) is 15.4. The van der Waals surface area contributed by atoms with E-state index in [1.54, 1.807) is 13.8 Å². The van der Waals surface area contributed by atoms with Gasteiger partial charge in [0.25, 0.3) is 0 Å². The molecule has 0 heterocycles. The van der Waals surface area contributed by atoms with E-state index < -0.39 is 23.3 Å². The third-order valence-electron chi connectivity index (χ3n) is 2.43. The quantitative estimate of drug-likeness (QED) is 0.787. The Morgan fingerprint density at radius 3 is 2.15 bits per heavy atom. The summed E-state index contributed by atoms with van der Waals surface area (Å²) in [7, 11) is 0. The summed E-state index contributed by atoms with van der Waals surface area (Å²) in [6.07, 6.45) is 0. The lowest BCUT2D eigenvalue weighted by molar-refractivity contribution is -0.119. The first-order valence-corrected chi connectivity index (χ1v) is 5.87. The number of hydrogen-bond donors (Lipinski definition) is 3. The van der Waals surface area contributed by atoms with Gasteiger partial charge in [0.15, 0.2) is 0 Å². The molecule has 1 aromatic carbocycles. The van der Waals surface area contributed by atoms with Crippen LogP contribution in [-0.4, -0.2) is 22.9 Å². The van der Waals surface area contributed by atoms with Gasteiger partial charge in [0.05, 0.1) is 16.9 Å². The SMILES string of the molecule is CC(=O)Nc1cc(F)c(C(=O)O)cc1NC(=O)C(C)C. The van der Waals surface area contributed by atoms with Crippen LogP contribution in [0, 0.1) is 11.7 Å². The van der Waals surface area contributed by atoms with Crippen LogP contribution in [-0.2, 0) is 9.59 Å². The monoisotopic (exact) mass is 282 g/mol. The van der Waals surface area contributed by atoms with Crippen LogP contribution >= 0.6 is 0 Å². The molecule has 2 amide bonds. The maximum atomic E-state index is 13.6. The van der Waals surface area contributed by atoms with Crippen LogP contribution in [0.25, 0.3) is 0 Å². The van der Waals surface area contributed by atoms with Gasteiger partial charge >= 0.3 is 5.97 Å². The van der Waals surface area contributed by atoms with E-state index in [9.17, 15) is 18.8 Å². The van der Waals surface area contributed by atoms with Crippen molar-refractivity contribution in [3.63, 3.8) is 0 Å². The van der Waals surface area contributed by atoms with Crippen molar-refractivity contribution in [3.05, 3.63) is 23.5 Å². The molecule has 0 aromatic heterocycles. The fraction of sp³-hybridized carbons (Fsp3) is 0.308. The van der Waals surface area contributed by atoms with Crippen molar-refractivity contribution in [1.29, 1.82) is 0 Å². The molecule has 0 spiro atoms. The number of benzene rings is 1. The molecule has 20 heavy (non-hydrogen) atoms. The highest BCUT2D eigenvalue weighted by Crippen LogP contribution is 2.26.